The van der Waals surface area contributed by atoms with Gasteiger partial charge in [0, 0.05) is 19.0 Å². The van der Waals surface area contributed by atoms with Crippen LogP contribution in [-0.4, -0.2) is 39.9 Å². The Kier molecular flexibility index (Phi) is 6.31. The molecule has 30 heavy (non-hydrogen) atoms. The number of sulfonamides is 1. The van der Waals surface area contributed by atoms with Crippen molar-refractivity contribution in [2.75, 3.05) is 23.3 Å². The van der Waals surface area contributed by atoms with Gasteiger partial charge in [0.2, 0.25) is 5.91 Å². The average Bonchev–Trinajstić information content (AvgIpc) is 3.12. The molecular weight excluding hydrogens is 406 g/mol. The van der Waals surface area contributed by atoms with E-state index in [9.17, 15) is 18.0 Å². The Balaban J connectivity index is 1.96. The van der Waals surface area contributed by atoms with E-state index in [2.05, 4.69) is 10.0 Å². The van der Waals surface area contributed by atoms with Gasteiger partial charge in [0.25, 0.3) is 15.9 Å². The molecule has 0 spiro atoms. The van der Waals surface area contributed by atoms with Crippen LogP contribution in [0.25, 0.3) is 0 Å². The number of hydrogen-bond donors (Lipinski definition) is 2. The normalized spacial score (nSPS) is 14.1. The molecule has 2 N–H and O–H groups in total. The Morgan fingerprint density at radius 3 is 2.53 bits per heavy atom. The summed E-state index contributed by atoms with van der Waals surface area (Å²) in [6, 6.07) is 10.6. The van der Waals surface area contributed by atoms with Crippen molar-refractivity contribution in [3.63, 3.8) is 0 Å². The molecule has 0 aliphatic carbocycles. The van der Waals surface area contributed by atoms with Crippen molar-refractivity contribution in [3.8, 4) is 5.75 Å². The van der Waals surface area contributed by atoms with E-state index in [1.54, 1.807) is 18.2 Å². The standard InChI is InChI=1S/C21H25N3O5S/c1-14(2)22-21(26)16-7-4-5-8-17(16)23-30(27,28)15-10-11-19(29-3)18(13-15)24-12-6-9-20(24)25/h4-5,7-8,10-11,13-14,23H,6,9,12H2,1-3H3,(H,22,26). The molecule has 1 heterocycles. The van der Waals surface area contributed by atoms with Gasteiger partial charge >= 0.3 is 0 Å². The van der Waals surface area contributed by atoms with Crippen LogP contribution in [0.2, 0.25) is 0 Å². The molecule has 0 unspecified atom stereocenters. The number of methoxy groups -OCH3 is 1. The van der Waals surface area contributed by atoms with E-state index >= 15 is 0 Å². The van der Waals surface area contributed by atoms with E-state index in [0.29, 0.717) is 30.8 Å². The van der Waals surface area contributed by atoms with E-state index in [4.69, 9.17) is 4.74 Å². The lowest BCUT2D eigenvalue weighted by atomic mass is 10.1. The second-order valence-electron chi connectivity index (χ2n) is 7.26. The van der Waals surface area contributed by atoms with E-state index in [1.165, 1.54) is 36.3 Å². The van der Waals surface area contributed by atoms with Gasteiger partial charge in [-0.15, -0.1) is 0 Å². The largest absolute Gasteiger partial charge is 0.495 e. The van der Waals surface area contributed by atoms with Gasteiger partial charge in [0.15, 0.2) is 0 Å². The van der Waals surface area contributed by atoms with Crippen LogP contribution in [0.15, 0.2) is 47.4 Å². The molecule has 1 aliphatic heterocycles. The van der Waals surface area contributed by atoms with Gasteiger partial charge in [-0.1, -0.05) is 12.1 Å². The van der Waals surface area contributed by atoms with Crippen LogP contribution in [0.4, 0.5) is 11.4 Å². The minimum Gasteiger partial charge on any atom is -0.495 e. The maximum atomic E-state index is 13.1. The number of rotatable bonds is 7. The molecule has 2 amide bonds. The predicted molar refractivity (Wildman–Crippen MR) is 114 cm³/mol. The van der Waals surface area contributed by atoms with Gasteiger partial charge in [-0.25, -0.2) is 8.42 Å². The van der Waals surface area contributed by atoms with E-state index < -0.39 is 10.0 Å². The summed E-state index contributed by atoms with van der Waals surface area (Å²) >= 11 is 0. The monoisotopic (exact) mass is 431 g/mol. The van der Waals surface area contributed by atoms with Crippen molar-refractivity contribution in [2.24, 2.45) is 0 Å². The first kappa shape index (κ1) is 21.6. The molecule has 8 nitrogen and oxygen atoms in total. The molecule has 1 fully saturated rings. The number of hydrogen-bond acceptors (Lipinski definition) is 5. The first-order valence-corrected chi connectivity index (χ1v) is 11.1. The van der Waals surface area contributed by atoms with Crippen LogP contribution in [0.3, 0.4) is 0 Å². The Hall–Kier alpha value is -3.07. The zero-order valence-electron chi connectivity index (χ0n) is 17.1. The van der Waals surface area contributed by atoms with Crippen LogP contribution in [0.1, 0.15) is 37.0 Å². The second-order valence-corrected chi connectivity index (χ2v) is 8.94. The average molecular weight is 432 g/mol. The Bertz CT molecular complexity index is 1070. The van der Waals surface area contributed by atoms with Crippen LogP contribution < -0.4 is 19.7 Å². The number of nitrogens with zero attached hydrogens (tertiary/aromatic N) is 1. The molecule has 0 aromatic heterocycles. The van der Waals surface area contributed by atoms with Gasteiger partial charge in [-0.3, -0.25) is 14.3 Å². The third-order valence-corrected chi connectivity index (χ3v) is 6.02. The van der Waals surface area contributed by atoms with E-state index in [1.807, 2.05) is 13.8 Å². The summed E-state index contributed by atoms with van der Waals surface area (Å²) in [4.78, 5) is 26.1. The summed E-state index contributed by atoms with van der Waals surface area (Å²) in [6.45, 7) is 4.15. The number of ether oxygens (including phenoxy) is 1. The fraction of sp³-hybridized carbons (Fsp3) is 0.333. The van der Waals surface area contributed by atoms with Gasteiger partial charge in [-0.05, 0) is 50.6 Å². The van der Waals surface area contributed by atoms with Crippen molar-refractivity contribution >= 4 is 33.2 Å². The molecule has 0 bridgehead atoms. The maximum Gasteiger partial charge on any atom is 0.261 e. The first-order chi connectivity index (χ1) is 14.2. The third kappa shape index (κ3) is 4.56. The molecule has 160 valence electrons. The molecular formula is C21H25N3O5S. The molecule has 0 atom stereocenters. The molecule has 1 aliphatic rings. The Labute approximate surface area is 176 Å². The summed E-state index contributed by atoms with van der Waals surface area (Å²) in [5.74, 6) is -0.0335. The minimum absolute atomic E-state index is 0.0305. The van der Waals surface area contributed by atoms with E-state index in [0.717, 1.165) is 0 Å². The highest BCUT2D eigenvalue weighted by atomic mass is 32.2. The highest BCUT2D eigenvalue weighted by Crippen LogP contribution is 2.34. The smallest absolute Gasteiger partial charge is 0.261 e. The van der Waals surface area contributed by atoms with Gasteiger partial charge in [0.1, 0.15) is 5.75 Å². The number of anilines is 2. The molecule has 0 radical (unpaired) electrons. The van der Waals surface area contributed by atoms with Gasteiger partial charge < -0.3 is 15.0 Å². The molecule has 2 aromatic carbocycles. The first-order valence-electron chi connectivity index (χ1n) is 9.64. The van der Waals surface area contributed by atoms with Crippen LogP contribution in [0.5, 0.6) is 5.75 Å². The molecule has 3 rings (SSSR count). The fourth-order valence-electron chi connectivity index (χ4n) is 3.26. The maximum absolute atomic E-state index is 13.1. The summed E-state index contributed by atoms with van der Waals surface area (Å²) in [5.41, 5.74) is 0.803. The van der Waals surface area contributed by atoms with Crippen LogP contribution >= 0.6 is 0 Å². The van der Waals surface area contributed by atoms with Crippen molar-refractivity contribution in [2.45, 2.75) is 37.6 Å². The summed E-state index contributed by atoms with van der Waals surface area (Å²) in [7, 11) is -2.55. The van der Waals surface area contributed by atoms with Crippen LogP contribution in [-0.2, 0) is 14.8 Å². The summed E-state index contributed by atoms with van der Waals surface area (Å²) in [5, 5.41) is 2.76. The van der Waals surface area contributed by atoms with Crippen LogP contribution in [0, 0.1) is 0 Å². The number of nitrogens with one attached hydrogen (secondary N) is 2. The van der Waals surface area contributed by atoms with E-state index in [-0.39, 0.29) is 34.0 Å². The Morgan fingerprint density at radius 2 is 1.90 bits per heavy atom. The number of para-hydroxylation sites is 1. The minimum atomic E-state index is -4.02. The third-order valence-electron chi connectivity index (χ3n) is 4.66. The quantitative estimate of drug-likeness (QED) is 0.701. The number of carbonyl (C=O) groups excluding carboxylic acids is 2. The number of carbonyl (C=O) groups is 2. The Morgan fingerprint density at radius 1 is 1.17 bits per heavy atom. The lowest BCUT2D eigenvalue weighted by Gasteiger charge is -2.20. The lowest BCUT2D eigenvalue weighted by Crippen LogP contribution is -2.31. The topological polar surface area (TPSA) is 105 Å². The highest BCUT2D eigenvalue weighted by Gasteiger charge is 2.27. The van der Waals surface area contributed by atoms with Crippen molar-refractivity contribution < 1.29 is 22.7 Å². The number of benzene rings is 2. The van der Waals surface area contributed by atoms with Crippen molar-refractivity contribution in [1.29, 1.82) is 0 Å². The predicted octanol–water partition coefficient (Wildman–Crippen LogP) is 2.76. The number of amides is 2. The molecule has 2 aromatic rings. The van der Waals surface area contributed by atoms with Gasteiger partial charge in [0.05, 0.1) is 28.9 Å². The zero-order valence-corrected chi connectivity index (χ0v) is 18.0. The lowest BCUT2D eigenvalue weighted by molar-refractivity contribution is -0.117. The highest BCUT2D eigenvalue weighted by molar-refractivity contribution is 7.92. The fourth-order valence-corrected chi connectivity index (χ4v) is 4.36. The zero-order chi connectivity index (χ0) is 21.9. The van der Waals surface area contributed by atoms with Gasteiger partial charge in [-0.2, -0.15) is 0 Å². The second kappa shape index (κ2) is 8.74. The summed E-state index contributed by atoms with van der Waals surface area (Å²) in [6.07, 6.45) is 1.12. The van der Waals surface area contributed by atoms with Crippen molar-refractivity contribution in [1.82, 2.24) is 5.32 Å². The SMILES string of the molecule is COc1ccc(S(=O)(=O)Nc2ccccc2C(=O)NC(C)C)cc1N1CCCC1=O. The molecule has 0 saturated carbocycles. The summed E-state index contributed by atoms with van der Waals surface area (Å²) < 4.78 is 33.9. The molecule has 1 saturated heterocycles. The van der Waals surface area contributed by atoms with Crippen molar-refractivity contribution in [3.05, 3.63) is 48.0 Å². The molecule has 9 heteroatoms.